The van der Waals surface area contributed by atoms with Crippen molar-refractivity contribution in [3.63, 3.8) is 0 Å². The second-order valence-electron chi connectivity index (χ2n) is 8.79. The smallest absolute Gasteiger partial charge is 0.246 e. The SMILES string of the molecule is CC(C)[C@H](NC(=O)[C@]1(NC(=O)Cc2cnc[nH]2)CCc2[nH]c3ccccc3c2C1)C(N)=O. The number of carbonyl (C=O) groups excluding carboxylic acids is 3. The van der Waals surface area contributed by atoms with E-state index < -0.39 is 23.4 Å². The van der Waals surface area contributed by atoms with E-state index in [1.165, 1.54) is 6.33 Å². The zero-order valence-corrected chi connectivity index (χ0v) is 18.2. The van der Waals surface area contributed by atoms with E-state index in [0.717, 1.165) is 22.2 Å². The topological polar surface area (TPSA) is 146 Å². The third-order valence-corrected chi connectivity index (χ3v) is 6.16. The number of H-pyrrole nitrogens is 2. The van der Waals surface area contributed by atoms with Crippen molar-refractivity contribution in [1.82, 2.24) is 25.6 Å². The summed E-state index contributed by atoms with van der Waals surface area (Å²) in [6.07, 6.45) is 4.45. The van der Waals surface area contributed by atoms with Gasteiger partial charge in [-0.1, -0.05) is 32.0 Å². The quantitative estimate of drug-likeness (QED) is 0.377. The molecule has 0 bridgehead atoms. The fraction of sp³-hybridized carbons (Fsp3) is 0.391. The number of imidazole rings is 1. The first-order valence-corrected chi connectivity index (χ1v) is 10.8. The normalized spacial score (nSPS) is 18.8. The Hall–Kier alpha value is -3.62. The molecule has 9 heteroatoms. The Morgan fingerprint density at radius 2 is 2.03 bits per heavy atom. The van der Waals surface area contributed by atoms with Crippen LogP contribution in [-0.4, -0.2) is 44.3 Å². The third kappa shape index (κ3) is 4.10. The van der Waals surface area contributed by atoms with Gasteiger partial charge in [-0.2, -0.15) is 0 Å². The maximum absolute atomic E-state index is 13.6. The van der Waals surface area contributed by atoms with Gasteiger partial charge >= 0.3 is 0 Å². The van der Waals surface area contributed by atoms with Crippen LogP contribution in [0, 0.1) is 5.92 Å². The number of amides is 3. The number of rotatable bonds is 7. The summed E-state index contributed by atoms with van der Waals surface area (Å²) in [6.45, 7) is 3.63. The first kappa shape index (κ1) is 21.6. The molecular weight excluding hydrogens is 408 g/mol. The molecule has 4 rings (SSSR count). The standard InChI is InChI=1S/C23H28N6O3/c1-13(2)20(21(24)31)28-22(32)23(29-19(30)9-14-11-25-12-26-14)8-7-18-16(10-23)15-5-3-4-6-17(15)27-18/h3-6,11-13,20,27H,7-10H2,1-2H3,(H2,24,31)(H,25,26)(H,28,32)(H,29,30)/t20-,23-/m0/s1. The summed E-state index contributed by atoms with van der Waals surface area (Å²) in [7, 11) is 0. The van der Waals surface area contributed by atoms with Gasteiger partial charge in [-0.15, -0.1) is 0 Å². The van der Waals surface area contributed by atoms with Crippen molar-refractivity contribution >= 4 is 28.6 Å². The molecule has 32 heavy (non-hydrogen) atoms. The summed E-state index contributed by atoms with van der Waals surface area (Å²) in [4.78, 5) is 48.7. The first-order chi connectivity index (χ1) is 15.3. The largest absolute Gasteiger partial charge is 0.368 e. The highest BCUT2D eigenvalue weighted by molar-refractivity contribution is 5.96. The van der Waals surface area contributed by atoms with E-state index in [1.54, 1.807) is 6.20 Å². The number of fused-ring (bicyclic) bond motifs is 3. The van der Waals surface area contributed by atoms with E-state index in [1.807, 2.05) is 38.1 Å². The lowest BCUT2D eigenvalue weighted by atomic mass is 9.78. The molecule has 3 aromatic rings. The van der Waals surface area contributed by atoms with Crippen molar-refractivity contribution in [3.05, 3.63) is 53.7 Å². The molecule has 0 radical (unpaired) electrons. The summed E-state index contributed by atoms with van der Waals surface area (Å²) in [5.74, 6) is -1.48. The van der Waals surface area contributed by atoms with Crippen LogP contribution in [0.3, 0.4) is 0 Å². The van der Waals surface area contributed by atoms with Crippen LogP contribution in [0.25, 0.3) is 10.9 Å². The van der Waals surface area contributed by atoms with Gasteiger partial charge in [0.1, 0.15) is 11.6 Å². The van der Waals surface area contributed by atoms with Crippen LogP contribution < -0.4 is 16.4 Å². The molecule has 0 fully saturated rings. The van der Waals surface area contributed by atoms with Gasteiger partial charge < -0.3 is 26.3 Å². The zero-order valence-electron chi connectivity index (χ0n) is 18.2. The predicted molar refractivity (Wildman–Crippen MR) is 119 cm³/mol. The molecule has 0 saturated carbocycles. The molecule has 6 N–H and O–H groups in total. The molecular formula is C23H28N6O3. The third-order valence-electron chi connectivity index (χ3n) is 6.16. The number of aryl methyl sites for hydroxylation is 1. The van der Waals surface area contributed by atoms with Crippen LogP contribution in [0.2, 0.25) is 0 Å². The Bertz CT molecular complexity index is 1150. The van der Waals surface area contributed by atoms with E-state index in [0.29, 0.717) is 25.0 Å². The summed E-state index contributed by atoms with van der Waals surface area (Å²) < 4.78 is 0. The Morgan fingerprint density at radius 3 is 2.72 bits per heavy atom. The number of carbonyl (C=O) groups is 3. The maximum Gasteiger partial charge on any atom is 0.246 e. The minimum absolute atomic E-state index is 0.0687. The molecule has 0 unspecified atom stereocenters. The molecule has 2 heterocycles. The summed E-state index contributed by atoms with van der Waals surface area (Å²) in [6, 6.07) is 7.08. The Morgan fingerprint density at radius 1 is 1.25 bits per heavy atom. The van der Waals surface area contributed by atoms with Crippen molar-refractivity contribution in [2.75, 3.05) is 0 Å². The fourth-order valence-corrected chi connectivity index (χ4v) is 4.47. The van der Waals surface area contributed by atoms with Gasteiger partial charge in [0.25, 0.3) is 0 Å². The van der Waals surface area contributed by atoms with Crippen LogP contribution in [0.1, 0.15) is 37.2 Å². The highest BCUT2D eigenvalue weighted by Gasteiger charge is 2.45. The monoisotopic (exact) mass is 436 g/mol. The minimum Gasteiger partial charge on any atom is -0.368 e. The van der Waals surface area contributed by atoms with Gasteiger partial charge in [-0.25, -0.2) is 4.98 Å². The average Bonchev–Trinajstić information content (AvgIpc) is 3.38. The van der Waals surface area contributed by atoms with Gasteiger partial charge in [0.15, 0.2) is 0 Å². The Labute approximate surface area is 185 Å². The van der Waals surface area contributed by atoms with Crippen LogP contribution in [-0.2, 0) is 33.6 Å². The molecule has 0 aliphatic heterocycles. The summed E-state index contributed by atoms with van der Waals surface area (Å²) in [5, 5.41) is 6.81. The molecule has 1 aliphatic rings. The number of para-hydroxylation sites is 1. The number of benzene rings is 1. The number of hydrogen-bond acceptors (Lipinski definition) is 4. The van der Waals surface area contributed by atoms with Crippen LogP contribution >= 0.6 is 0 Å². The van der Waals surface area contributed by atoms with Gasteiger partial charge in [0, 0.05) is 34.9 Å². The van der Waals surface area contributed by atoms with Crippen molar-refractivity contribution in [2.45, 2.75) is 51.1 Å². The Balaban J connectivity index is 1.67. The lowest BCUT2D eigenvalue weighted by Gasteiger charge is -2.38. The number of hydrogen-bond donors (Lipinski definition) is 5. The van der Waals surface area contributed by atoms with Crippen LogP contribution in [0.5, 0.6) is 0 Å². The molecule has 0 saturated heterocycles. The number of primary amides is 1. The molecule has 0 spiro atoms. The van der Waals surface area contributed by atoms with E-state index in [2.05, 4.69) is 25.6 Å². The molecule has 1 aromatic carbocycles. The number of aromatic amines is 2. The molecule has 9 nitrogen and oxygen atoms in total. The van der Waals surface area contributed by atoms with Crippen molar-refractivity contribution in [3.8, 4) is 0 Å². The van der Waals surface area contributed by atoms with Crippen LogP contribution in [0.15, 0.2) is 36.8 Å². The molecule has 2 atom stereocenters. The lowest BCUT2D eigenvalue weighted by molar-refractivity contribution is -0.136. The molecule has 3 amide bonds. The van der Waals surface area contributed by atoms with Crippen molar-refractivity contribution < 1.29 is 14.4 Å². The highest BCUT2D eigenvalue weighted by atomic mass is 16.2. The van der Waals surface area contributed by atoms with Gasteiger partial charge in [0.05, 0.1) is 12.7 Å². The van der Waals surface area contributed by atoms with E-state index in [-0.39, 0.29) is 18.2 Å². The molecule has 1 aliphatic carbocycles. The van der Waals surface area contributed by atoms with Crippen molar-refractivity contribution in [2.24, 2.45) is 11.7 Å². The number of nitrogens with zero attached hydrogens (tertiary/aromatic N) is 1. The molecule has 168 valence electrons. The van der Waals surface area contributed by atoms with E-state index >= 15 is 0 Å². The number of nitrogens with two attached hydrogens (primary N) is 1. The fourth-order valence-electron chi connectivity index (χ4n) is 4.47. The highest BCUT2D eigenvalue weighted by Crippen LogP contribution is 2.34. The predicted octanol–water partition coefficient (Wildman–Crippen LogP) is 1.10. The molecule has 2 aromatic heterocycles. The van der Waals surface area contributed by atoms with Crippen LogP contribution in [0.4, 0.5) is 0 Å². The van der Waals surface area contributed by atoms with Gasteiger partial charge in [-0.05, 0) is 30.4 Å². The second-order valence-corrected chi connectivity index (χ2v) is 8.79. The van der Waals surface area contributed by atoms with E-state index in [4.69, 9.17) is 5.73 Å². The lowest BCUT2D eigenvalue weighted by Crippen LogP contribution is -2.64. The minimum atomic E-state index is -1.20. The van der Waals surface area contributed by atoms with Crippen molar-refractivity contribution in [1.29, 1.82) is 0 Å². The average molecular weight is 437 g/mol. The zero-order chi connectivity index (χ0) is 22.9. The maximum atomic E-state index is 13.6. The summed E-state index contributed by atoms with van der Waals surface area (Å²) >= 11 is 0. The number of aromatic nitrogens is 3. The van der Waals surface area contributed by atoms with Gasteiger partial charge in [-0.3, -0.25) is 14.4 Å². The first-order valence-electron chi connectivity index (χ1n) is 10.8. The Kier molecular flexibility index (Phi) is 5.73. The van der Waals surface area contributed by atoms with Gasteiger partial charge in [0.2, 0.25) is 17.7 Å². The second kappa shape index (κ2) is 8.49. The summed E-state index contributed by atoms with van der Waals surface area (Å²) in [5.41, 5.74) is 8.04. The number of nitrogens with one attached hydrogen (secondary N) is 4. The van der Waals surface area contributed by atoms with E-state index in [9.17, 15) is 14.4 Å².